The summed E-state index contributed by atoms with van der Waals surface area (Å²) in [6.45, 7) is 4.10. The molecular formula is C23H23FN2O4. The number of amides is 2. The molecule has 3 rings (SSSR count). The van der Waals surface area contributed by atoms with E-state index in [2.05, 4.69) is 10.6 Å². The van der Waals surface area contributed by atoms with Gasteiger partial charge in [-0.15, -0.1) is 0 Å². The summed E-state index contributed by atoms with van der Waals surface area (Å²) in [7, 11) is 0. The summed E-state index contributed by atoms with van der Waals surface area (Å²) in [5.74, 6) is 0.334. The van der Waals surface area contributed by atoms with Gasteiger partial charge in [0.15, 0.2) is 5.76 Å². The number of carbonyl (C=O) groups is 2. The summed E-state index contributed by atoms with van der Waals surface area (Å²) >= 11 is 0. The topological polar surface area (TPSA) is 80.6 Å². The number of furan rings is 1. The molecule has 2 N–H and O–H groups in total. The standard InChI is InChI=1S/C23H23FN2O4/c1-15(2)22(27)26-18-7-3-16(4-8-18)13-25-23(28)21-12-11-20(30-21)14-29-19-9-5-17(24)6-10-19/h3-12,15H,13-14H2,1-2H3,(H,25,28)(H,26,27). The highest BCUT2D eigenvalue weighted by molar-refractivity contribution is 5.92. The normalized spacial score (nSPS) is 10.7. The van der Waals surface area contributed by atoms with Crippen LogP contribution in [0.2, 0.25) is 0 Å². The van der Waals surface area contributed by atoms with Crippen LogP contribution < -0.4 is 15.4 Å². The predicted octanol–water partition coefficient (Wildman–Crippen LogP) is 4.52. The monoisotopic (exact) mass is 410 g/mol. The van der Waals surface area contributed by atoms with Gasteiger partial charge in [-0.3, -0.25) is 9.59 Å². The molecule has 1 heterocycles. The first-order valence-electron chi connectivity index (χ1n) is 9.56. The van der Waals surface area contributed by atoms with Gasteiger partial charge in [0, 0.05) is 18.2 Å². The highest BCUT2D eigenvalue weighted by Crippen LogP contribution is 2.16. The third-order valence-electron chi connectivity index (χ3n) is 4.28. The third kappa shape index (κ3) is 5.94. The summed E-state index contributed by atoms with van der Waals surface area (Å²) in [5.41, 5.74) is 1.60. The Morgan fingerprint density at radius 3 is 2.37 bits per heavy atom. The molecule has 1 aromatic heterocycles. The molecule has 0 bridgehead atoms. The van der Waals surface area contributed by atoms with E-state index in [9.17, 15) is 14.0 Å². The molecule has 0 fully saturated rings. The summed E-state index contributed by atoms with van der Waals surface area (Å²) in [4.78, 5) is 24.0. The van der Waals surface area contributed by atoms with E-state index in [-0.39, 0.29) is 35.9 Å². The first kappa shape index (κ1) is 21.1. The smallest absolute Gasteiger partial charge is 0.287 e. The van der Waals surface area contributed by atoms with Gasteiger partial charge in [-0.2, -0.15) is 0 Å². The predicted molar refractivity (Wildman–Crippen MR) is 111 cm³/mol. The van der Waals surface area contributed by atoms with Crippen molar-refractivity contribution >= 4 is 17.5 Å². The van der Waals surface area contributed by atoms with Crippen LogP contribution in [0.15, 0.2) is 65.1 Å². The minimum atomic E-state index is -0.347. The number of halogens is 1. The Hall–Kier alpha value is -3.61. The van der Waals surface area contributed by atoms with E-state index < -0.39 is 0 Å². The molecule has 0 aliphatic rings. The average Bonchev–Trinajstić information content (AvgIpc) is 3.22. The van der Waals surface area contributed by atoms with Gasteiger partial charge in [0.05, 0.1) is 0 Å². The van der Waals surface area contributed by atoms with Crippen LogP contribution in [-0.4, -0.2) is 11.8 Å². The number of carbonyl (C=O) groups excluding carboxylic acids is 2. The number of hydrogen-bond donors (Lipinski definition) is 2. The summed E-state index contributed by atoms with van der Waals surface area (Å²) < 4.78 is 23.9. The van der Waals surface area contributed by atoms with Gasteiger partial charge in [-0.1, -0.05) is 26.0 Å². The molecule has 6 nitrogen and oxygen atoms in total. The van der Waals surface area contributed by atoms with Crippen LogP contribution in [0.5, 0.6) is 5.75 Å². The fourth-order valence-electron chi connectivity index (χ4n) is 2.52. The molecule has 0 saturated carbocycles. The molecular weight excluding hydrogens is 387 g/mol. The van der Waals surface area contributed by atoms with Gasteiger partial charge >= 0.3 is 0 Å². The van der Waals surface area contributed by atoms with E-state index in [0.29, 0.717) is 23.7 Å². The number of nitrogens with one attached hydrogen (secondary N) is 2. The lowest BCUT2D eigenvalue weighted by molar-refractivity contribution is -0.118. The van der Waals surface area contributed by atoms with E-state index in [0.717, 1.165) is 5.56 Å². The van der Waals surface area contributed by atoms with Crippen molar-refractivity contribution in [1.29, 1.82) is 0 Å². The van der Waals surface area contributed by atoms with Crippen molar-refractivity contribution in [1.82, 2.24) is 5.32 Å². The lowest BCUT2D eigenvalue weighted by Gasteiger charge is -2.09. The molecule has 3 aromatic rings. The fraction of sp³-hybridized carbons (Fsp3) is 0.217. The minimum Gasteiger partial charge on any atom is -0.486 e. The number of hydrogen-bond acceptors (Lipinski definition) is 4. The van der Waals surface area contributed by atoms with Crippen LogP contribution in [0.1, 0.15) is 35.7 Å². The van der Waals surface area contributed by atoms with Crippen molar-refractivity contribution in [2.45, 2.75) is 27.0 Å². The second-order valence-electron chi connectivity index (χ2n) is 7.03. The van der Waals surface area contributed by atoms with E-state index >= 15 is 0 Å². The second kappa shape index (κ2) is 9.73. The molecule has 0 radical (unpaired) electrons. The van der Waals surface area contributed by atoms with Gasteiger partial charge in [-0.25, -0.2) is 4.39 Å². The SMILES string of the molecule is CC(C)C(=O)Nc1ccc(CNC(=O)c2ccc(COc3ccc(F)cc3)o2)cc1. The van der Waals surface area contributed by atoms with Crippen molar-refractivity contribution in [3.05, 3.63) is 83.6 Å². The molecule has 2 amide bonds. The van der Waals surface area contributed by atoms with Crippen molar-refractivity contribution in [3.63, 3.8) is 0 Å². The maximum Gasteiger partial charge on any atom is 0.287 e. The van der Waals surface area contributed by atoms with Gasteiger partial charge in [0.1, 0.15) is 23.9 Å². The molecule has 0 unspecified atom stereocenters. The van der Waals surface area contributed by atoms with Crippen LogP contribution in [0.3, 0.4) is 0 Å². The van der Waals surface area contributed by atoms with Crippen LogP contribution in [0, 0.1) is 11.7 Å². The number of rotatable bonds is 8. The van der Waals surface area contributed by atoms with E-state index in [1.54, 1.807) is 24.3 Å². The summed E-state index contributed by atoms with van der Waals surface area (Å²) in [6, 6.07) is 16.1. The Balaban J connectivity index is 1.48. The molecule has 0 saturated heterocycles. The number of anilines is 1. The molecule has 0 aliphatic heterocycles. The maximum absolute atomic E-state index is 12.9. The molecule has 2 aromatic carbocycles. The molecule has 30 heavy (non-hydrogen) atoms. The second-order valence-corrected chi connectivity index (χ2v) is 7.03. The van der Waals surface area contributed by atoms with Gasteiger partial charge in [-0.05, 0) is 54.1 Å². The maximum atomic E-state index is 12.9. The molecule has 7 heteroatoms. The van der Waals surface area contributed by atoms with Gasteiger partial charge < -0.3 is 19.8 Å². The largest absolute Gasteiger partial charge is 0.486 e. The third-order valence-corrected chi connectivity index (χ3v) is 4.28. The number of ether oxygens (including phenoxy) is 1. The van der Waals surface area contributed by atoms with Crippen LogP contribution in [0.25, 0.3) is 0 Å². The van der Waals surface area contributed by atoms with Crippen molar-refractivity contribution in [2.75, 3.05) is 5.32 Å². The Kier molecular flexibility index (Phi) is 6.85. The van der Waals surface area contributed by atoms with Crippen LogP contribution >= 0.6 is 0 Å². The fourth-order valence-corrected chi connectivity index (χ4v) is 2.52. The highest BCUT2D eigenvalue weighted by Gasteiger charge is 2.12. The molecule has 156 valence electrons. The number of benzene rings is 2. The van der Waals surface area contributed by atoms with E-state index in [1.165, 1.54) is 24.3 Å². The Bertz CT molecular complexity index is 995. The highest BCUT2D eigenvalue weighted by atomic mass is 19.1. The zero-order chi connectivity index (χ0) is 21.5. The Morgan fingerprint density at radius 2 is 1.70 bits per heavy atom. The van der Waals surface area contributed by atoms with E-state index in [1.807, 2.05) is 26.0 Å². The van der Waals surface area contributed by atoms with Gasteiger partial charge in [0.25, 0.3) is 5.91 Å². The van der Waals surface area contributed by atoms with Gasteiger partial charge in [0.2, 0.25) is 5.91 Å². The average molecular weight is 410 g/mol. The Labute approximate surface area is 174 Å². The van der Waals surface area contributed by atoms with Crippen molar-refractivity contribution in [3.8, 4) is 5.75 Å². The van der Waals surface area contributed by atoms with Crippen LogP contribution in [-0.2, 0) is 17.9 Å². The molecule has 0 atom stereocenters. The quantitative estimate of drug-likeness (QED) is 0.572. The first-order valence-corrected chi connectivity index (χ1v) is 9.56. The van der Waals surface area contributed by atoms with Crippen LogP contribution in [0.4, 0.5) is 10.1 Å². The zero-order valence-electron chi connectivity index (χ0n) is 16.8. The zero-order valence-corrected chi connectivity index (χ0v) is 16.8. The molecule has 0 spiro atoms. The van der Waals surface area contributed by atoms with Crippen molar-refractivity contribution < 1.29 is 23.1 Å². The van der Waals surface area contributed by atoms with E-state index in [4.69, 9.17) is 9.15 Å². The summed E-state index contributed by atoms with van der Waals surface area (Å²) in [5, 5.41) is 5.60. The Morgan fingerprint density at radius 1 is 1.00 bits per heavy atom. The first-order chi connectivity index (χ1) is 14.4. The minimum absolute atomic E-state index is 0.0481. The summed E-state index contributed by atoms with van der Waals surface area (Å²) in [6.07, 6.45) is 0. The lowest BCUT2D eigenvalue weighted by Crippen LogP contribution is -2.22. The lowest BCUT2D eigenvalue weighted by atomic mass is 10.1. The molecule has 0 aliphatic carbocycles. The van der Waals surface area contributed by atoms with Crippen molar-refractivity contribution in [2.24, 2.45) is 5.92 Å².